The van der Waals surface area contributed by atoms with E-state index in [1.54, 1.807) is 41.7 Å². The smallest absolute Gasteiger partial charge is 0.244 e. The van der Waals surface area contributed by atoms with E-state index in [0.29, 0.717) is 12.3 Å². The maximum Gasteiger partial charge on any atom is 0.244 e. The predicted octanol–water partition coefficient (Wildman–Crippen LogP) is 3.46. The largest absolute Gasteiger partial charge is 0.468 e. The van der Waals surface area contributed by atoms with Crippen LogP contribution in [0.1, 0.15) is 21.1 Å². The third kappa shape index (κ3) is 5.66. The fraction of sp³-hybridized carbons (Fsp3) is 0.150. The van der Waals surface area contributed by atoms with Crippen LogP contribution in [0.4, 0.5) is 0 Å². The van der Waals surface area contributed by atoms with Crippen LogP contribution < -0.4 is 10.0 Å². The number of aryl methyl sites for hydroxylation is 1. The zero-order valence-electron chi connectivity index (χ0n) is 15.2. The number of rotatable bonds is 8. The summed E-state index contributed by atoms with van der Waals surface area (Å²) < 4.78 is 32.2. The number of nitrogens with one attached hydrogen (secondary N) is 2. The number of amides is 1. The number of hydrogen-bond donors (Lipinski definition) is 2. The summed E-state index contributed by atoms with van der Waals surface area (Å²) in [5, 5.41) is 2.82. The van der Waals surface area contributed by atoms with E-state index in [1.165, 1.54) is 29.3 Å². The molecule has 3 aromatic rings. The van der Waals surface area contributed by atoms with Crippen LogP contribution in [-0.4, -0.2) is 14.3 Å². The molecule has 3 rings (SSSR count). The van der Waals surface area contributed by atoms with E-state index < -0.39 is 10.0 Å². The highest BCUT2D eigenvalue weighted by Gasteiger charge is 2.13. The van der Waals surface area contributed by atoms with E-state index in [1.807, 2.05) is 19.1 Å². The van der Waals surface area contributed by atoms with Crippen molar-refractivity contribution in [1.82, 2.24) is 10.0 Å². The molecule has 0 fully saturated rings. The Morgan fingerprint density at radius 2 is 1.89 bits per heavy atom. The van der Waals surface area contributed by atoms with Gasteiger partial charge >= 0.3 is 0 Å². The number of thiophene rings is 1. The number of hydrogen-bond acceptors (Lipinski definition) is 5. The molecule has 0 aliphatic carbocycles. The van der Waals surface area contributed by atoms with Crippen molar-refractivity contribution in [3.63, 3.8) is 0 Å². The second kappa shape index (κ2) is 9.01. The molecule has 6 nitrogen and oxygen atoms in total. The fourth-order valence-electron chi connectivity index (χ4n) is 2.41. The summed E-state index contributed by atoms with van der Waals surface area (Å²) in [5.74, 6) is 0.328. The Morgan fingerprint density at radius 1 is 1.11 bits per heavy atom. The Hall–Kier alpha value is -2.68. The van der Waals surface area contributed by atoms with Crippen LogP contribution in [0.2, 0.25) is 0 Å². The molecular weight excluding hydrogens is 396 g/mol. The van der Waals surface area contributed by atoms with Crippen molar-refractivity contribution in [3.8, 4) is 0 Å². The molecule has 2 aromatic heterocycles. The molecule has 0 saturated heterocycles. The van der Waals surface area contributed by atoms with Gasteiger partial charge in [0.05, 0.1) is 24.2 Å². The van der Waals surface area contributed by atoms with E-state index in [-0.39, 0.29) is 17.3 Å². The first kappa shape index (κ1) is 20.1. The quantitative estimate of drug-likeness (QED) is 0.551. The lowest BCUT2D eigenvalue weighted by Crippen LogP contribution is -2.22. The SMILES string of the molecule is Cc1ccc(CNC(=O)/C=C/c2ccc(S(=O)(=O)NCc3ccco3)cc2)s1. The van der Waals surface area contributed by atoms with E-state index in [0.717, 1.165) is 10.4 Å². The van der Waals surface area contributed by atoms with Gasteiger partial charge in [0.1, 0.15) is 5.76 Å². The standard InChI is InChI=1S/C20H20N2O4S2/c1-15-4-8-18(27-15)14-21-20(23)11-7-16-5-9-19(10-6-16)28(24,25)22-13-17-3-2-12-26-17/h2-12,22H,13-14H2,1H3,(H,21,23)/b11-7+. The molecule has 2 heterocycles. The van der Waals surface area contributed by atoms with Crippen LogP contribution in [0.15, 0.2) is 70.2 Å². The molecule has 0 bridgehead atoms. The van der Waals surface area contributed by atoms with Gasteiger partial charge in [0, 0.05) is 15.8 Å². The maximum absolute atomic E-state index is 12.3. The van der Waals surface area contributed by atoms with Crippen molar-refractivity contribution in [3.05, 3.63) is 81.9 Å². The normalized spacial score (nSPS) is 11.8. The highest BCUT2D eigenvalue weighted by atomic mass is 32.2. The zero-order chi connectivity index (χ0) is 20.0. The van der Waals surface area contributed by atoms with Gasteiger partial charge in [0.15, 0.2) is 0 Å². The van der Waals surface area contributed by atoms with Crippen molar-refractivity contribution in [2.24, 2.45) is 0 Å². The van der Waals surface area contributed by atoms with Crippen molar-refractivity contribution in [2.45, 2.75) is 24.9 Å². The van der Waals surface area contributed by atoms with Crippen molar-refractivity contribution in [1.29, 1.82) is 0 Å². The number of sulfonamides is 1. The summed E-state index contributed by atoms with van der Waals surface area (Å²) in [5.41, 5.74) is 0.729. The van der Waals surface area contributed by atoms with Crippen molar-refractivity contribution >= 4 is 33.3 Å². The van der Waals surface area contributed by atoms with Crippen LogP contribution in [-0.2, 0) is 27.9 Å². The van der Waals surface area contributed by atoms with Crippen LogP contribution in [0, 0.1) is 6.92 Å². The van der Waals surface area contributed by atoms with Crippen LogP contribution >= 0.6 is 11.3 Å². The average molecular weight is 417 g/mol. The zero-order valence-corrected chi connectivity index (χ0v) is 16.8. The van der Waals surface area contributed by atoms with Gasteiger partial charge in [-0.1, -0.05) is 12.1 Å². The fourth-order valence-corrected chi connectivity index (χ4v) is 4.23. The first-order valence-electron chi connectivity index (χ1n) is 8.56. The maximum atomic E-state index is 12.3. The van der Waals surface area contributed by atoms with Gasteiger partial charge in [-0.25, -0.2) is 13.1 Å². The molecule has 1 amide bonds. The molecule has 0 saturated carbocycles. The number of carbonyl (C=O) groups is 1. The minimum atomic E-state index is -3.63. The monoisotopic (exact) mass is 416 g/mol. The highest BCUT2D eigenvalue weighted by molar-refractivity contribution is 7.89. The van der Waals surface area contributed by atoms with Gasteiger partial charge in [-0.15, -0.1) is 11.3 Å². The van der Waals surface area contributed by atoms with Gasteiger partial charge < -0.3 is 9.73 Å². The van der Waals surface area contributed by atoms with Crippen LogP contribution in [0.3, 0.4) is 0 Å². The number of furan rings is 1. The summed E-state index contributed by atoms with van der Waals surface area (Å²) in [4.78, 5) is 14.4. The Bertz CT molecular complexity index is 1050. The van der Waals surface area contributed by atoms with Gasteiger partial charge in [-0.2, -0.15) is 0 Å². The molecule has 0 radical (unpaired) electrons. The second-order valence-electron chi connectivity index (χ2n) is 6.04. The Morgan fingerprint density at radius 3 is 2.54 bits per heavy atom. The average Bonchev–Trinajstić information content (AvgIpc) is 3.35. The molecule has 0 atom stereocenters. The second-order valence-corrected chi connectivity index (χ2v) is 9.18. The van der Waals surface area contributed by atoms with Gasteiger partial charge in [0.25, 0.3) is 0 Å². The molecule has 8 heteroatoms. The van der Waals surface area contributed by atoms with E-state index in [4.69, 9.17) is 4.42 Å². The molecule has 0 unspecified atom stereocenters. The lowest BCUT2D eigenvalue weighted by atomic mass is 10.2. The summed E-state index contributed by atoms with van der Waals surface area (Å²) in [6.45, 7) is 2.59. The number of benzene rings is 1. The Kier molecular flexibility index (Phi) is 6.45. The third-order valence-electron chi connectivity index (χ3n) is 3.87. The van der Waals surface area contributed by atoms with Crippen molar-refractivity contribution in [2.75, 3.05) is 0 Å². The molecule has 2 N–H and O–H groups in total. The molecule has 146 valence electrons. The summed E-state index contributed by atoms with van der Waals surface area (Å²) >= 11 is 1.64. The van der Waals surface area contributed by atoms with E-state index in [2.05, 4.69) is 10.0 Å². The minimum Gasteiger partial charge on any atom is -0.468 e. The van der Waals surface area contributed by atoms with Gasteiger partial charge in [0.2, 0.25) is 15.9 Å². The molecule has 0 aliphatic rings. The first-order valence-corrected chi connectivity index (χ1v) is 10.9. The van der Waals surface area contributed by atoms with Crippen LogP contribution in [0.25, 0.3) is 6.08 Å². The molecular formula is C20H20N2O4S2. The number of carbonyl (C=O) groups excluding carboxylic acids is 1. The highest BCUT2D eigenvalue weighted by Crippen LogP contribution is 2.15. The summed E-state index contributed by atoms with van der Waals surface area (Å²) in [6, 6.07) is 13.7. The third-order valence-corrected chi connectivity index (χ3v) is 6.28. The molecule has 0 spiro atoms. The molecule has 28 heavy (non-hydrogen) atoms. The summed E-state index contributed by atoms with van der Waals surface area (Å²) in [7, 11) is -3.63. The molecule has 0 aliphatic heterocycles. The molecule has 1 aromatic carbocycles. The Balaban J connectivity index is 1.54. The van der Waals surface area contributed by atoms with Gasteiger partial charge in [-0.05, 0) is 55.0 Å². The van der Waals surface area contributed by atoms with Gasteiger partial charge in [-0.3, -0.25) is 4.79 Å². The summed E-state index contributed by atoms with van der Waals surface area (Å²) in [6.07, 6.45) is 4.56. The lowest BCUT2D eigenvalue weighted by Gasteiger charge is -2.05. The lowest BCUT2D eigenvalue weighted by molar-refractivity contribution is -0.116. The first-order chi connectivity index (χ1) is 13.4. The van der Waals surface area contributed by atoms with Crippen LogP contribution in [0.5, 0.6) is 0 Å². The predicted molar refractivity (Wildman–Crippen MR) is 109 cm³/mol. The van der Waals surface area contributed by atoms with E-state index in [9.17, 15) is 13.2 Å². The minimum absolute atomic E-state index is 0.0842. The topological polar surface area (TPSA) is 88.4 Å². The van der Waals surface area contributed by atoms with Crippen molar-refractivity contribution < 1.29 is 17.6 Å². The van der Waals surface area contributed by atoms with E-state index >= 15 is 0 Å². The Labute approximate surface area is 168 Å².